The maximum atomic E-state index is 14.5. The number of para-hydroxylation sites is 1. The van der Waals surface area contributed by atoms with Gasteiger partial charge in [0.1, 0.15) is 41.9 Å². The van der Waals surface area contributed by atoms with E-state index in [0.717, 1.165) is 4.57 Å². The summed E-state index contributed by atoms with van der Waals surface area (Å²) in [6.07, 6.45) is -14.5. The summed E-state index contributed by atoms with van der Waals surface area (Å²) in [5.74, 6) is -1.07. The van der Waals surface area contributed by atoms with E-state index in [1.165, 1.54) is 43.8 Å². The molecule has 0 spiro atoms. The lowest BCUT2D eigenvalue weighted by Gasteiger charge is -2.31. The number of nitrogens with zero attached hydrogens (tertiary/aromatic N) is 4. The van der Waals surface area contributed by atoms with Crippen molar-refractivity contribution in [2.75, 3.05) is 0 Å². The molecule has 3 N–H and O–H groups in total. The van der Waals surface area contributed by atoms with Crippen LogP contribution in [-0.2, 0) is 23.4 Å². The molecule has 0 amide bonds. The number of alkyl halides is 3. The van der Waals surface area contributed by atoms with Gasteiger partial charge in [-0.05, 0) is 39.8 Å². The number of fused-ring (bicyclic) bond motifs is 1. The fourth-order valence-corrected chi connectivity index (χ4v) is 5.77. The predicted molar refractivity (Wildman–Crippen MR) is 135 cm³/mol. The van der Waals surface area contributed by atoms with Crippen molar-refractivity contribution in [2.24, 2.45) is 0 Å². The van der Waals surface area contributed by atoms with E-state index in [1.54, 1.807) is 26.8 Å². The number of carbonyl (C=O) groups excluding carboxylic acids is 1. The molecule has 0 aliphatic carbocycles. The second kappa shape index (κ2) is 12.0. The van der Waals surface area contributed by atoms with Gasteiger partial charge in [0.15, 0.2) is 18.0 Å². The van der Waals surface area contributed by atoms with Gasteiger partial charge < -0.3 is 24.2 Å². The zero-order valence-electron chi connectivity index (χ0n) is 22.3. The molecule has 0 bridgehead atoms. The lowest BCUT2D eigenvalue weighted by Crippen LogP contribution is -2.49. The first kappa shape index (κ1) is 30.8. The number of esters is 1. The highest BCUT2D eigenvalue weighted by molar-refractivity contribution is 7.52. The van der Waals surface area contributed by atoms with Crippen molar-refractivity contribution in [1.29, 1.82) is 0 Å². The topological polar surface area (TPSA) is 167 Å². The Labute approximate surface area is 232 Å². The summed E-state index contributed by atoms with van der Waals surface area (Å²) in [4.78, 5) is 24.5. The molecule has 0 radical (unpaired) electrons. The number of imidazole rings is 1. The second-order valence-electron chi connectivity index (χ2n) is 9.56. The lowest BCUT2D eigenvalue weighted by atomic mass is 10.1. The molecule has 1 unspecified atom stereocenters. The van der Waals surface area contributed by atoms with Gasteiger partial charge in [-0.3, -0.25) is 13.9 Å². The first-order valence-corrected chi connectivity index (χ1v) is 14.0. The Bertz CT molecular complexity index is 1410. The van der Waals surface area contributed by atoms with Crippen molar-refractivity contribution >= 4 is 24.9 Å². The molecule has 13 nitrogen and oxygen atoms in total. The van der Waals surface area contributed by atoms with E-state index in [9.17, 15) is 32.7 Å². The van der Waals surface area contributed by atoms with Crippen molar-refractivity contribution in [1.82, 2.24) is 24.6 Å². The van der Waals surface area contributed by atoms with Gasteiger partial charge in [-0.25, -0.2) is 19.5 Å². The van der Waals surface area contributed by atoms with Crippen LogP contribution < -0.4 is 9.61 Å². The van der Waals surface area contributed by atoms with E-state index in [-0.39, 0.29) is 11.4 Å². The summed E-state index contributed by atoms with van der Waals surface area (Å²) in [6, 6.07) is 5.72. The van der Waals surface area contributed by atoms with E-state index >= 15 is 0 Å². The third-order valence-corrected chi connectivity index (χ3v) is 7.65. The first-order chi connectivity index (χ1) is 19.2. The summed E-state index contributed by atoms with van der Waals surface area (Å²) in [7, 11) is -5.05. The third kappa shape index (κ3) is 6.85. The maximum absolute atomic E-state index is 14.5. The number of aliphatic hydroxyl groups excluding tert-OH is 2. The van der Waals surface area contributed by atoms with E-state index in [1.807, 2.05) is 0 Å². The van der Waals surface area contributed by atoms with Crippen molar-refractivity contribution in [3.8, 4) is 5.75 Å². The zero-order valence-corrected chi connectivity index (χ0v) is 23.2. The molecular formula is C24H29F3N5O8P. The van der Waals surface area contributed by atoms with Gasteiger partial charge in [0.25, 0.3) is 0 Å². The third-order valence-electron chi connectivity index (χ3n) is 5.99. The van der Waals surface area contributed by atoms with Crippen LogP contribution in [0.4, 0.5) is 13.2 Å². The average molecular weight is 603 g/mol. The predicted octanol–water partition coefficient (Wildman–Crippen LogP) is 2.82. The van der Waals surface area contributed by atoms with Gasteiger partial charge in [0.2, 0.25) is 0 Å². The minimum Gasteiger partial charge on any atom is -0.462 e. The quantitative estimate of drug-likeness (QED) is 0.229. The highest BCUT2D eigenvalue weighted by Gasteiger charge is 2.59. The van der Waals surface area contributed by atoms with Gasteiger partial charge in [-0.1, -0.05) is 18.2 Å². The fourth-order valence-electron chi connectivity index (χ4n) is 4.10. The van der Waals surface area contributed by atoms with Crippen LogP contribution in [0.15, 0.2) is 43.0 Å². The Morgan fingerprint density at radius 1 is 1.12 bits per heavy atom. The van der Waals surface area contributed by atoms with Crippen molar-refractivity contribution in [2.45, 2.75) is 76.7 Å². The molecule has 4 rings (SSSR count). The fraction of sp³-hybridized carbons (Fsp3) is 0.500. The maximum Gasteiger partial charge on any atom is 0.460 e. The van der Waals surface area contributed by atoms with Crippen LogP contribution in [0.25, 0.3) is 11.2 Å². The summed E-state index contributed by atoms with van der Waals surface area (Å²) in [5.41, 5.74) is 0.901. The second-order valence-corrected chi connectivity index (χ2v) is 11.2. The number of hydrogen-bond acceptors (Lipinski definition) is 11. The van der Waals surface area contributed by atoms with Crippen molar-refractivity contribution in [3.05, 3.63) is 48.7 Å². The lowest BCUT2D eigenvalue weighted by molar-refractivity contribution is -0.237. The molecule has 1 aromatic carbocycles. The summed E-state index contributed by atoms with van der Waals surface area (Å²) in [6.45, 7) is 5.94. The molecule has 7 atom stereocenters. The number of aryl methyl sites for hydroxylation is 1. The van der Waals surface area contributed by atoms with Crippen LogP contribution in [-0.4, -0.2) is 78.4 Å². The SMILES string of the molecule is Cc1ncnc2c1ncn2[C@@H]1O[C@H]([C@@H](OP(=O)(N[C@@H](C)C(=O)OC(C)C)Oc2ccccc2)C(F)(F)F)[C@@H](O)[C@H]1O. The van der Waals surface area contributed by atoms with Crippen LogP contribution in [0.2, 0.25) is 0 Å². The highest BCUT2D eigenvalue weighted by atomic mass is 31.2. The molecule has 224 valence electrons. The molecule has 3 aromatic rings. The number of halogens is 3. The van der Waals surface area contributed by atoms with Gasteiger partial charge in [-0.2, -0.15) is 18.3 Å². The average Bonchev–Trinajstić information content (AvgIpc) is 3.44. The highest BCUT2D eigenvalue weighted by Crippen LogP contribution is 2.51. The molecule has 0 saturated carbocycles. The molecule has 3 heterocycles. The molecule has 1 aliphatic rings. The number of ether oxygens (including phenoxy) is 2. The standard InChI is InChI=1S/C24H29F3N5O8P/c1-12(2)37-23(35)14(4)31-41(36,39-15-8-6-5-7-9-15)40-20(24(25,26)27)19-17(33)18(34)22(38-19)32-11-30-16-13(3)28-10-29-21(16)32/h5-12,14,17-20,22,33-34H,1-4H3,(H,31,36)/t14-,17-,18+,19-,20+,22+,41?/m0/s1. The Morgan fingerprint density at radius 2 is 1.80 bits per heavy atom. The van der Waals surface area contributed by atoms with Gasteiger partial charge >= 0.3 is 19.9 Å². The number of carbonyl (C=O) groups is 1. The number of nitrogens with one attached hydrogen (secondary N) is 1. The van der Waals surface area contributed by atoms with Crippen LogP contribution in [0.1, 0.15) is 32.7 Å². The van der Waals surface area contributed by atoms with E-state index in [4.69, 9.17) is 18.5 Å². The largest absolute Gasteiger partial charge is 0.462 e. The Balaban J connectivity index is 1.66. The van der Waals surface area contributed by atoms with E-state index in [0.29, 0.717) is 11.2 Å². The molecule has 1 aliphatic heterocycles. The van der Waals surface area contributed by atoms with Gasteiger partial charge in [0, 0.05) is 0 Å². The number of aromatic nitrogens is 4. The molecule has 2 aromatic heterocycles. The molecule has 17 heteroatoms. The van der Waals surface area contributed by atoms with Crippen molar-refractivity contribution in [3.63, 3.8) is 0 Å². The Hall–Kier alpha value is -3.14. The number of benzene rings is 1. The summed E-state index contributed by atoms with van der Waals surface area (Å²) >= 11 is 0. The smallest absolute Gasteiger partial charge is 0.460 e. The Kier molecular flexibility index (Phi) is 9.01. The Morgan fingerprint density at radius 3 is 2.44 bits per heavy atom. The van der Waals surface area contributed by atoms with Crippen LogP contribution in [0.5, 0.6) is 5.75 Å². The van der Waals surface area contributed by atoms with Crippen LogP contribution >= 0.6 is 7.75 Å². The number of hydrogen-bond donors (Lipinski definition) is 3. The van der Waals surface area contributed by atoms with Crippen molar-refractivity contribution < 1.29 is 51.3 Å². The molecule has 41 heavy (non-hydrogen) atoms. The van der Waals surface area contributed by atoms with Crippen LogP contribution in [0, 0.1) is 6.92 Å². The molecular weight excluding hydrogens is 574 g/mol. The van der Waals surface area contributed by atoms with E-state index < -0.39 is 62.7 Å². The minimum absolute atomic E-state index is 0.135. The summed E-state index contributed by atoms with van der Waals surface area (Å²) < 4.78 is 79.2. The minimum atomic E-state index is -5.30. The summed E-state index contributed by atoms with van der Waals surface area (Å²) in [5, 5.41) is 23.6. The zero-order chi connectivity index (χ0) is 30.1. The van der Waals surface area contributed by atoms with Gasteiger partial charge in [-0.15, -0.1) is 0 Å². The van der Waals surface area contributed by atoms with E-state index in [2.05, 4.69) is 20.0 Å². The molecule has 1 fully saturated rings. The van der Waals surface area contributed by atoms with Gasteiger partial charge in [0.05, 0.1) is 18.1 Å². The number of rotatable bonds is 10. The normalized spacial score (nSPS) is 24.2. The monoisotopic (exact) mass is 603 g/mol. The number of aliphatic hydroxyl groups is 2. The first-order valence-electron chi connectivity index (χ1n) is 12.4. The van der Waals surface area contributed by atoms with Crippen LogP contribution in [0.3, 0.4) is 0 Å². The molecule has 1 saturated heterocycles.